The van der Waals surface area contributed by atoms with E-state index in [9.17, 15) is 5.11 Å². The van der Waals surface area contributed by atoms with Crippen LogP contribution in [0.25, 0.3) is 0 Å². The molecule has 0 saturated heterocycles. The lowest BCUT2D eigenvalue weighted by Crippen LogP contribution is -2.44. The summed E-state index contributed by atoms with van der Waals surface area (Å²) in [5, 5.41) is 14.3. The zero-order valence-corrected chi connectivity index (χ0v) is 13.0. The van der Waals surface area contributed by atoms with Crippen LogP contribution in [0.2, 0.25) is 0 Å². The molecule has 0 bridgehead atoms. The Bertz CT molecular complexity index is 246. The zero-order chi connectivity index (χ0) is 13.5. The van der Waals surface area contributed by atoms with E-state index in [1.54, 1.807) is 0 Å². The van der Waals surface area contributed by atoms with Crippen molar-refractivity contribution in [1.82, 2.24) is 5.32 Å². The number of aliphatic hydroxyl groups is 1. The average Bonchev–Trinajstić information content (AvgIpc) is 2.96. The molecule has 0 aliphatic heterocycles. The quantitative estimate of drug-likeness (QED) is 0.755. The molecule has 2 rings (SSSR count). The Balaban J connectivity index is 1.60. The maximum Gasteiger partial charge on any atom is 0.0897 e. The number of ether oxygens (including phenoxy) is 1. The number of aliphatic hydroxyl groups excluding tert-OH is 1. The molecule has 0 radical (unpaired) electrons. The lowest BCUT2D eigenvalue weighted by Gasteiger charge is -2.31. The highest BCUT2D eigenvalue weighted by atomic mass is 32.2. The highest BCUT2D eigenvalue weighted by Gasteiger charge is 2.24. The van der Waals surface area contributed by atoms with Crippen LogP contribution < -0.4 is 5.32 Å². The van der Waals surface area contributed by atoms with E-state index in [2.05, 4.69) is 11.6 Å². The molecule has 3 nitrogen and oxygen atoms in total. The van der Waals surface area contributed by atoms with Crippen molar-refractivity contribution in [3.63, 3.8) is 0 Å². The molecule has 3 unspecified atom stereocenters. The second-order valence-electron chi connectivity index (χ2n) is 5.97. The third kappa shape index (κ3) is 5.25. The largest absolute Gasteiger partial charge is 0.389 e. The topological polar surface area (TPSA) is 41.5 Å². The summed E-state index contributed by atoms with van der Waals surface area (Å²) in [5.41, 5.74) is 0. The highest BCUT2D eigenvalue weighted by molar-refractivity contribution is 7.99. The van der Waals surface area contributed by atoms with Crippen LogP contribution in [0.3, 0.4) is 0 Å². The molecule has 19 heavy (non-hydrogen) atoms. The highest BCUT2D eigenvalue weighted by Crippen LogP contribution is 2.27. The van der Waals surface area contributed by atoms with E-state index in [4.69, 9.17) is 4.74 Å². The van der Waals surface area contributed by atoms with Gasteiger partial charge in [-0.3, -0.25) is 0 Å². The SMILES string of the molecule is CSC1CCCCC1NCC(O)COC1CCCC1. The molecule has 2 fully saturated rings. The van der Waals surface area contributed by atoms with Gasteiger partial charge in [0.05, 0.1) is 18.8 Å². The van der Waals surface area contributed by atoms with E-state index in [0.29, 0.717) is 25.3 Å². The molecule has 4 heteroatoms. The smallest absolute Gasteiger partial charge is 0.0897 e. The van der Waals surface area contributed by atoms with E-state index >= 15 is 0 Å². The summed E-state index contributed by atoms with van der Waals surface area (Å²) in [6.07, 6.45) is 12.4. The fourth-order valence-electron chi connectivity index (χ4n) is 3.26. The van der Waals surface area contributed by atoms with Crippen molar-refractivity contribution < 1.29 is 9.84 Å². The molecule has 112 valence electrons. The van der Waals surface area contributed by atoms with Gasteiger partial charge in [0.25, 0.3) is 0 Å². The zero-order valence-electron chi connectivity index (χ0n) is 12.1. The fraction of sp³-hybridized carbons (Fsp3) is 1.00. The van der Waals surface area contributed by atoms with Crippen LogP contribution >= 0.6 is 11.8 Å². The van der Waals surface area contributed by atoms with Gasteiger partial charge in [-0.05, 0) is 31.9 Å². The summed E-state index contributed by atoms with van der Waals surface area (Å²) in [6.45, 7) is 1.17. The Kier molecular flexibility index (Phi) is 6.99. The number of nitrogens with one attached hydrogen (secondary N) is 1. The molecule has 0 aromatic heterocycles. The van der Waals surface area contributed by atoms with Crippen molar-refractivity contribution in [3.05, 3.63) is 0 Å². The molecular weight excluding hydrogens is 258 g/mol. The monoisotopic (exact) mass is 287 g/mol. The Labute approximate surface area is 121 Å². The van der Waals surface area contributed by atoms with Crippen LogP contribution in [0, 0.1) is 0 Å². The van der Waals surface area contributed by atoms with Crippen LogP contribution in [-0.4, -0.2) is 48.0 Å². The first kappa shape index (κ1) is 15.6. The minimum Gasteiger partial charge on any atom is -0.389 e. The van der Waals surface area contributed by atoms with Gasteiger partial charge in [0.15, 0.2) is 0 Å². The number of hydrogen-bond donors (Lipinski definition) is 2. The van der Waals surface area contributed by atoms with Crippen LogP contribution in [0.5, 0.6) is 0 Å². The van der Waals surface area contributed by atoms with Gasteiger partial charge in [-0.25, -0.2) is 0 Å². The Morgan fingerprint density at radius 2 is 1.84 bits per heavy atom. The predicted molar refractivity (Wildman–Crippen MR) is 81.8 cm³/mol. The molecule has 0 spiro atoms. The molecule has 0 amide bonds. The summed E-state index contributed by atoms with van der Waals surface area (Å²) in [6, 6.07) is 0.574. The van der Waals surface area contributed by atoms with Crippen molar-refractivity contribution in [2.45, 2.75) is 74.9 Å². The Morgan fingerprint density at radius 3 is 2.58 bits per heavy atom. The van der Waals surface area contributed by atoms with Crippen LogP contribution in [0.1, 0.15) is 51.4 Å². The molecule has 0 aromatic rings. The first-order valence-electron chi connectivity index (χ1n) is 7.85. The van der Waals surface area contributed by atoms with E-state index < -0.39 is 0 Å². The molecule has 2 saturated carbocycles. The Morgan fingerprint density at radius 1 is 1.16 bits per heavy atom. The van der Waals surface area contributed by atoms with Crippen molar-refractivity contribution in [3.8, 4) is 0 Å². The van der Waals surface area contributed by atoms with Gasteiger partial charge in [-0.15, -0.1) is 0 Å². The van der Waals surface area contributed by atoms with Crippen molar-refractivity contribution in [2.24, 2.45) is 0 Å². The summed E-state index contributed by atoms with van der Waals surface area (Å²) in [7, 11) is 0. The molecular formula is C15H29NO2S. The number of hydrogen-bond acceptors (Lipinski definition) is 4. The molecule has 0 heterocycles. The number of rotatable bonds is 7. The molecule has 0 aromatic carbocycles. The van der Waals surface area contributed by atoms with Gasteiger partial charge in [0.2, 0.25) is 0 Å². The Hall–Kier alpha value is 0.230. The van der Waals surface area contributed by atoms with Gasteiger partial charge in [-0.2, -0.15) is 11.8 Å². The molecule has 2 aliphatic rings. The van der Waals surface area contributed by atoms with E-state index in [1.165, 1.54) is 51.4 Å². The van der Waals surface area contributed by atoms with Crippen molar-refractivity contribution >= 4 is 11.8 Å². The lowest BCUT2D eigenvalue weighted by molar-refractivity contribution is -0.00649. The van der Waals surface area contributed by atoms with Gasteiger partial charge < -0.3 is 15.2 Å². The minimum atomic E-state index is -0.356. The number of thioether (sulfide) groups is 1. The fourth-order valence-corrected chi connectivity index (χ4v) is 4.22. The van der Waals surface area contributed by atoms with Gasteiger partial charge in [-0.1, -0.05) is 25.7 Å². The predicted octanol–water partition coefficient (Wildman–Crippen LogP) is 2.57. The first-order chi connectivity index (χ1) is 9.29. The van der Waals surface area contributed by atoms with E-state index in [1.807, 2.05) is 11.8 Å². The molecule has 2 aliphatic carbocycles. The van der Waals surface area contributed by atoms with Gasteiger partial charge >= 0.3 is 0 Å². The van der Waals surface area contributed by atoms with Crippen molar-refractivity contribution in [1.29, 1.82) is 0 Å². The summed E-state index contributed by atoms with van der Waals surface area (Å²) < 4.78 is 5.76. The lowest BCUT2D eigenvalue weighted by atomic mass is 9.95. The van der Waals surface area contributed by atoms with Crippen LogP contribution in [0.15, 0.2) is 0 Å². The third-order valence-corrected chi connectivity index (χ3v) is 5.62. The van der Waals surface area contributed by atoms with Crippen LogP contribution in [0.4, 0.5) is 0 Å². The summed E-state index contributed by atoms with van der Waals surface area (Å²) in [5.74, 6) is 0. The molecule has 2 N–H and O–H groups in total. The van der Waals surface area contributed by atoms with Gasteiger partial charge in [0, 0.05) is 17.8 Å². The minimum absolute atomic E-state index is 0.356. The van der Waals surface area contributed by atoms with Crippen molar-refractivity contribution in [2.75, 3.05) is 19.4 Å². The van der Waals surface area contributed by atoms with E-state index in [-0.39, 0.29) is 6.10 Å². The van der Waals surface area contributed by atoms with Gasteiger partial charge in [0.1, 0.15) is 0 Å². The summed E-state index contributed by atoms with van der Waals surface area (Å²) in [4.78, 5) is 0. The second kappa shape index (κ2) is 8.50. The standard InChI is InChI=1S/C15H29NO2S/c1-19-15-9-5-4-8-14(15)16-10-12(17)11-18-13-6-2-3-7-13/h12-17H,2-11H2,1H3. The second-order valence-corrected chi connectivity index (χ2v) is 7.04. The first-order valence-corrected chi connectivity index (χ1v) is 9.14. The van der Waals surface area contributed by atoms with E-state index in [0.717, 1.165) is 5.25 Å². The maximum atomic E-state index is 10.0. The third-order valence-electron chi connectivity index (χ3n) is 4.45. The van der Waals surface area contributed by atoms with Crippen LogP contribution in [-0.2, 0) is 4.74 Å². The maximum absolute atomic E-state index is 10.0. The normalized spacial score (nSPS) is 30.6. The molecule has 3 atom stereocenters. The summed E-state index contributed by atoms with van der Waals surface area (Å²) >= 11 is 1.96. The average molecular weight is 287 g/mol.